The molecular weight excluding hydrogens is 181 g/mol. The van der Waals surface area contributed by atoms with E-state index in [1.807, 2.05) is 0 Å². The molecule has 2 rings (SSSR count). The van der Waals surface area contributed by atoms with Gasteiger partial charge in [-0.1, -0.05) is 12.8 Å². The van der Waals surface area contributed by atoms with Crippen molar-refractivity contribution in [1.82, 2.24) is 5.32 Å². The van der Waals surface area contributed by atoms with E-state index < -0.39 is 5.67 Å². The molecule has 3 heteroatoms. The van der Waals surface area contributed by atoms with E-state index in [0.29, 0.717) is 12.6 Å². The van der Waals surface area contributed by atoms with Gasteiger partial charge in [0.25, 0.3) is 0 Å². The molecule has 1 aliphatic carbocycles. The summed E-state index contributed by atoms with van der Waals surface area (Å²) in [5.74, 6) is 0. The Bertz CT molecular complexity index is 174. The van der Waals surface area contributed by atoms with Crippen molar-refractivity contribution in [3.63, 3.8) is 0 Å². The fraction of sp³-hybridized carbons (Fsp3) is 1.00. The zero-order valence-electron chi connectivity index (χ0n) is 8.73. The Hall–Kier alpha value is -0.150. The fourth-order valence-corrected chi connectivity index (χ4v) is 2.45. The van der Waals surface area contributed by atoms with E-state index in [4.69, 9.17) is 4.74 Å². The predicted molar refractivity (Wildman–Crippen MR) is 54.2 cm³/mol. The second kappa shape index (κ2) is 4.58. The van der Waals surface area contributed by atoms with Crippen molar-refractivity contribution in [3.8, 4) is 0 Å². The molecule has 1 aliphatic heterocycles. The second-order valence-electron chi connectivity index (χ2n) is 4.62. The Morgan fingerprint density at radius 3 is 2.71 bits per heavy atom. The molecule has 0 aromatic carbocycles. The molecule has 1 saturated heterocycles. The van der Waals surface area contributed by atoms with Crippen LogP contribution in [0.25, 0.3) is 0 Å². The van der Waals surface area contributed by atoms with Crippen LogP contribution in [0.15, 0.2) is 0 Å². The van der Waals surface area contributed by atoms with Crippen LogP contribution in [-0.4, -0.2) is 31.5 Å². The molecule has 1 heterocycles. The van der Waals surface area contributed by atoms with Crippen molar-refractivity contribution < 1.29 is 9.13 Å². The number of hydrogen-bond acceptors (Lipinski definition) is 2. The van der Waals surface area contributed by atoms with Crippen LogP contribution in [0.1, 0.15) is 38.5 Å². The van der Waals surface area contributed by atoms with Gasteiger partial charge in [-0.2, -0.15) is 0 Å². The monoisotopic (exact) mass is 201 g/mol. The van der Waals surface area contributed by atoms with Crippen LogP contribution in [0.4, 0.5) is 4.39 Å². The molecule has 0 spiro atoms. The standard InChI is InChI=1S/C11H20FNO/c12-11(5-1-2-6-11)9-13-8-10-4-3-7-14-10/h10,13H,1-9H2. The Morgan fingerprint density at radius 1 is 1.29 bits per heavy atom. The Kier molecular flexibility index (Phi) is 3.39. The summed E-state index contributed by atoms with van der Waals surface area (Å²) in [5.41, 5.74) is -0.918. The maximum absolute atomic E-state index is 13.9. The lowest BCUT2D eigenvalue weighted by Crippen LogP contribution is -2.37. The van der Waals surface area contributed by atoms with Gasteiger partial charge in [0.05, 0.1) is 6.10 Å². The average Bonchev–Trinajstić information content (AvgIpc) is 2.77. The van der Waals surface area contributed by atoms with Gasteiger partial charge in [0, 0.05) is 19.7 Å². The van der Waals surface area contributed by atoms with Crippen molar-refractivity contribution in [2.45, 2.75) is 50.3 Å². The normalized spacial score (nSPS) is 31.1. The van der Waals surface area contributed by atoms with Gasteiger partial charge in [0.15, 0.2) is 0 Å². The van der Waals surface area contributed by atoms with Gasteiger partial charge in [0.1, 0.15) is 5.67 Å². The smallest absolute Gasteiger partial charge is 0.123 e. The maximum atomic E-state index is 13.9. The molecular formula is C11H20FNO. The van der Waals surface area contributed by atoms with Crippen molar-refractivity contribution >= 4 is 0 Å². The summed E-state index contributed by atoms with van der Waals surface area (Å²) in [6.07, 6.45) is 6.21. The van der Waals surface area contributed by atoms with Crippen LogP contribution < -0.4 is 5.32 Å². The Balaban J connectivity index is 1.61. The van der Waals surface area contributed by atoms with E-state index in [-0.39, 0.29) is 0 Å². The van der Waals surface area contributed by atoms with E-state index in [9.17, 15) is 4.39 Å². The highest BCUT2D eigenvalue weighted by Crippen LogP contribution is 2.32. The van der Waals surface area contributed by atoms with Gasteiger partial charge < -0.3 is 10.1 Å². The van der Waals surface area contributed by atoms with E-state index in [1.54, 1.807) is 0 Å². The van der Waals surface area contributed by atoms with Crippen molar-refractivity contribution in [3.05, 3.63) is 0 Å². The maximum Gasteiger partial charge on any atom is 0.123 e. The number of alkyl halides is 1. The zero-order chi connectivity index (χ0) is 9.86. The third-order valence-electron chi connectivity index (χ3n) is 3.34. The number of halogens is 1. The molecule has 82 valence electrons. The van der Waals surface area contributed by atoms with E-state index in [1.165, 1.54) is 0 Å². The van der Waals surface area contributed by atoms with E-state index in [0.717, 1.165) is 51.7 Å². The quantitative estimate of drug-likeness (QED) is 0.751. The SMILES string of the molecule is FC1(CNCC2CCCO2)CCCC1. The van der Waals surface area contributed by atoms with Crippen LogP contribution in [-0.2, 0) is 4.74 Å². The molecule has 0 bridgehead atoms. The molecule has 0 aromatic heterocycles. The highest BCUT2D eigenvalue weighted by molar-refractivity contribution is 4.87. The summed E-state index contributed by atoms with van der Waals surface area (Å²) < 4.78 is 19.3. The molecule has 2 aliphatic rings. The zero-order valence-corrected chi connectivity index (χ0v) is 8.73. The molecule has 0 aromatic rings. The van der Waals surface area contributed by atoms with Crippen LogP contribution >= 0.6 is 0 Å². The number of nitrogens with one attached hydrogen (secondary N) is 1. The summed E-state index contributed by atoms with van der Waals surface area (Å²) in [6, 6.07) is 0. The summed E-state index contributed by atoms with van der Waals surface area (Å²) >= 11 is 0. The summed E-state index contributed by atoms with van der Waals surface area (Å²) in [7, 11) is 0. The first-order valence-corrected chi connectivity index (χ1v) is 5.80. The lowest BCUT2D eigenvalue weighted by molar-refractivity contribution is 0.101. The molecule has 14 heavy (non-hydrogen) atoms. The van der Waals surface area contributed by atoms with Gasteiger partial charge in [-0.15, -0.1) is 0 Å². The number of rotatable bonds is 4. The van der Waals surface area contributed by atoms with Crippen molar-refractivity contribution in [1.29, 1.82) is 0 Å². The summed E-state index contributed by atoms with van der Waals surface area (Å²) in [4.78, 5) is 0. The fourth-order valence-electron chi connectivity index (χ4n) is 2.45. The number of ether oxygens (including phenoxy) is 1. The number of hydrogen-bond donors (Lipinski definition) is 1. The predicted octanol–water partition coefficient (Wildman–Crippen LogP) is 2.04. The molecule has 1 N–H and O–H groups in total. The van der Waals surface area contributed by atoms with Crippen LogP contribution in [0, 0.1) is 0 Å². The first-order valence-electron chi connectivity index (χ1n) is 5.80. The first-order chi connectivity index (χ1) is 6.79. The summed E-state index contributed by atoms with van der Waals surface area (Å²) in [6.45, 7) is 2.23. The minimum atomic E-state index is -0.918. The molecule has 2 nitrogen and oxygen atoms in total. The van der Waals surface area contributed by atoms with Gasteiger partial charge in [0.2, 0.25) is 0 Å². The largest absolute Gasteiger partial charge is 0.377 e. The van der Waals surface area contributed by atoms with E-state index >= 15 is 0 Å². The summed E-state index contributed by atoms with van der Waals surface area (Å²) in [5, 5.41) is 3.21. The molecule has 0 radical (unpaired) electrons. The molecule has 1 unspecified atom stereocenters. The van der Waals surface area contributed by atoms with Gasteiger partial charge in [-0.05, 0) is 25.7 Å². The van der Waals surface area contributed by atoms with E-state index in [2.05, 4.69) is 5.32 Å². The first kappa shape index (κ1) is 10.4. The minimum Gasteiger partial charge on any atom is -0.377 e. The van der Waals surface area contributed by atoms with Crippen LogP contribution in [0.2, 0.25) is 0 Å². The van der Waals surface area contributed by atoms with Gasteiger partial charge in [-0.25, -0.2) is 4.39 Å². The van der Waals surface area contributed by atoms with Crippen LogP contribution in [0.5, 0.6) is 0 Å². The second-order valence-corrected chi connectivity index (χ2v) is 4.62. The van der Waals surface area contributed by atoms with Crippen molar-refractivity contribution in [2.24, 2.45) is 0 Å². The highest BCUT2D eigenvalue weighted by atomic mass is 19.1. The highest BCUT2D eigenvalue weighted by Gasteiger charge is 2.33. The third-order valence-corrected chi connectivity index (χ3v) is 3.34. The Morgan fingerprint density at radius 2 is 2.07 bits per heavy atom. The van der Waals surface area contributed by atoms with Gasteiger partial charge in [-0.3, -0.25) is 0 Å². The molecule has 0 amide bonds. The topological polar surface area (TPSA) is 21.3 Å². The lowest BCUT2D eigenvalue weighted by Gasteiger charge is -2.20. The average molecular weight is 201 g/mol. The third kappa shape index (κ3) is 2.67. The minimum absolute atomic E-state index is 0.333. The molecule has 1 atom stereocenters. The molecule has 1 saturated carbocycles. The molecule has 2 fully saturated rings. The Labute approximate surface area is 85.2 Å². The van der Waals surface area contributed by atoms with Crippen molar-refractivity contribution in [2.75, 3.05) is 19.7 Å². The van der Waals surface area contributed by atoms with Crippen LogP contribution in [0.3, 0.4) is 0 Å². The lowest BCUT2D eigenvalue weighted by atomic mass is 10.1. The van der Waals surface area contributed by atoms with Gasteiger partial charge >= 0.3 is 0 Å².